The van der Waals surface area contributed by atoms with Gasteiger partial charge < -0.3 is 9.47 Å². The number of methoxy groups -OCH3 is 2. The van der Waals surface area contributed by atoms with Crippen molar-refractivity contribution in [1.29, 1.82) is 0 Å². The Kier molecular flexibility index (Phi) is 3.25. The van der Waals surface area contributed by atoms with Crippen molar-refractivity contribution < 1.29 is 14.3 Å². The standard InChI is InChI=1S/C8H8BrNO3/c1-12-7-3-5(8(11)13-2)6(9)4-10-7/h3-4H,1-2H3. The van der Waals surface area contributed by atoms with Gasteiger partial charge in [0.05, 0.1) is 24.3 Å². The number of hydrogen-bond donors (Lipinski definition) is 0. The second-order valence-corrected chi connectivity index (χ2v) is 3.05. The number of hydrogen-bond acceptors (Lipinski definition) is 4. The van der Waals surface area contributed by atoms with Gasteiger partial charge in [0.2, 0.25) is 5.88 Å². The molecule has 0 bridgehead atoms. The van der Waals surface area contributed by atoms with E-state index in [0.717, 1.165) is 0 Å². The van der Waals surface area contributed by atoms with E-state index in [-0.39, 0.29) is 0 Å². The summed E-state index contributed by atoms with van der Waals surface area (Å²) in [7, 11) is 2.80. The molecular formula is C8H8BrNO3. The molecule has 0 aliphatic heterocycles. The second kappa shape index (κ2) is 4.23. The van der Waals surface area contributed by atoms with E-state index >= 15 is 0 Å². The van der Waals surface area contributed by atoms with Crippen molar-refractivity contribution in [3.8, 4) is 5.88 Å². The average molecular weight is 246 g/mol. The molecule has 0 saturated carbocycles. The molecular weight excluding hydrogens is 238 g/mol. The molecule has 0 atom stereocenters. The number of carbonyl (C=O) groups excluding carboxylic acids is 1. The van der Waals surface area contributed by atoms with Crippen molar-refractivity contribution in [3.05, 3.63) is 22.3 Å². The molecule has 0 aliphatic rings. The van der Waals surface area contributed by atoms with E-state index in [2.05, 4.69) is 25.7 Å². The number of aromatic nitrogens is 1. The highest BCUT2D eigenvalue weighted by Gasteiger charge is 2.11. The Labute approximate surface area is 84.0 Å². The normalized spacial score (nSPS) is 9.46. The molecule has 1 rings (SSSR count). The quantitative estimate of drug-likeness (QED) is 0.744. The SMILES string of the molecule is COC(=O)c1cc(OC)ncc1Br. The maximum Gasteiger partial charge on any atom is 0.339 e. The van der Waals surface area contributed by atoms with Gasteiger partial charge >= 0.3 is 5.97 Å². The summed E-state index contributed by atoms with van der Waals surface area (Å²) in [6.07, 6.45) is 1.49. The Hall–Kier alpha value is -1.10. The van der Waals surface area contributed by atoms with Crippen LogP contribution in [0.5, 0.6) is 5.88 Å². The van der Waals surface area contributed by atoms with Crippen molar-refractivity contribution in [3.63, 3.8) is 0 Å². The molecule has 0 spiro atoms. The predicted molar refractivity (Wildman–Crippen MR) is 49.8 cm³/mol. The highest BCUT2D eigenvalue weighted by atomic mass is 79.9. The van der Waals surface area contributed by atoms with Gasteiger partial charge in [0.1, 0.15) is 0 Å². The van der Waals surface area contributed by atoms with Gasteiger partial charge in [-0.05, 0) is 15.9 Å². The van der Waals surface area contributed by atoms with Gasteiger partial charge in [-0.1, -0.05) is 0 Å². The molecule has 0 unspecified atom stereocenters. The van der Waals surface area contributed by atoms with Crippen LogP contribution in [0.25, 0.3) is 0 Å². The molecule has 0 amide bonds. The van der Waals surface area contributed by atoms with Crippen molar-refractivity contribution in [2.24, 2.45) is 0 Å². The lowest BCUT2D eigenvalue weighted by molar-refractivity contribution is 0.0599. The molecule has 0 radical (unpaired) electrons. The molecule has 1 heterocycles. The van der Waals surface area contributed by atoms with E-state index in [9.17, 15) is 4.79 Å². The third-order valence-corrected chi connectivity index (χ3v) is 2.08. The van der Waals surface area contributed by atoms with Gasteiger partial charge in [0.15, 0.2) is 0 Å². The third kappa shape index (κ3) is 2.18. The summed E-state index contributed by atoms with van der Waals surface area (Å²) in [5, 5.41) is 0. The first-order chi connectivity index (χ1) is 6.19. The lowest BCUT2D eigenvalue weighted by Gasteiger charge is -2.03. The van der Waals surface area contributed by atoms with E-state index in [1.165, 1.54) is 26.5 Å². The highest BCUT2D eigenvalue weighted by Crippen LogP contribution is 2.20. The van der Waals surface area contributed by atoms with Gasteiger partial charge in [-0.2, -0.15) is 0 Å². The van der Waals surface area contributed by atoms with Crippen LogP contribution in [0.15, 0.2) is 16.7 Å². The van der Waals surface area contributed by atoms with Gasteiger partial charge in [-0.15, -0.1) is 0 Å². The topological polar surface area (TPSA) is 48.4 Å². The van der Waals surface area contributed by atoms with Crippen LogP contribution >= 0.6 is 15.9 Å². The zero-order valence-electron chi connectivity index (χ0n) is 7.20. The second-order valence-electron chi connectivity index (χ2n) is 2.20. The Morgan fingerprint density at radius 1 is 1.54 bits per heavy atom. The van der Waals surface area contributed by atoms with E-state index in [1.54, 1.807) is 0 Å². The minimum Gasteiger partial charge on any atom is -0.481 e. The fraction of sp³-hybridized carbons (Fsp3) is 0.250. The fourth-order valence-electron chi connectivity index (χ4n) is 0.798. The maximum absolute atomic E-state index is 11.2. The third-order valence-electron chi connectivity index (χ3n) is 1.44. The summed E-state index contributed by atoms with van der Waals surface area (Å²) in [4.78, 5) is 15.1. The zero-order valence-corrected chi connectivity index (χ0v) is 8.79. The molecule has 1 aromatic rings. The molecule has 1 aromatic heterocycles. The van der Waals surface area contributed by atoms with Crippen LogP contribution in [0.3, 0.4) is 0 Å². The molecule has 0 aromatic carbocycles. The van der Waals surface area contributed by atoms with E-state index in [0.29, 0.717) is 15.9 Å². The predicted octanol–water partition coefficient (Wildman–Crippen LogP) is 1.64. The molecule has 13 heavy (non-hydrogen) atoms. The number of esters is 1. The summed E-state index contributed by atoms with van der Waals surface area (Å²) in [5.74, 6) is -0.0452. The van der Waals surface area contributed by atoms with Crippen LogP contribution in [-0.4, -0.2) is 25.2 Å². The summed E-state index contributed by atoms with van der Waals surface area (Å²) in [5.41, 5.74) is 0.398. The average Bonchev–Trinajstić information content (AvgIpc) is 2.17. The number of pyridine rings is 1. The first-order valence-corrected chi connectivity index (χ1v) is 4.26. The van der Waals surface area contributed by atoms with Crippen LogP contribution in [0.4, 0.5) is 0 Å². The lowest BCUT2D eigenvalue weighted by atomic mass is 10.3. The fourth-order valence-corrected chi connectivity index (χ4v) is 1.18. The van der Waals surface area contributed by atoms with Gasteiger partial charge in [-0.3, -0.25) is 0 Å². The minimum absolute atomic E-state index is 0.378. The summed E-state index contributed by atoms with van der Waals surface area (Å²) in [6.45, 7) is 0. The first-order valence-electron chi connectivity index (χ1n) is 3.47. The molecule has 5 heteroatoms. The van der Waals surface area contributed by atoms with E-state index in [4.69, 9.17) is 4.74 Å². The van der Waals surface area contributed by atoms with Crippen molar-refractivity contribution >= 4 is 21.9 Å². The maximum atomic E-state index is 11.2. The van der Waals surface area contributed by atoms with Gasteiger partial charge in [0, 0.05) is 12.3 Å². The van der Waals surface area contributed by atoms with Crippen LogP contribution in [0, 0.1) is 0 Å². The summed E-state index contributed by atoms with van der Waals surface area (Å²) in [6, 6.07) is 1.51. The first kappa shape index (κ1) is 9.98. The number of nitrogens with zero attached hydrogens (tertiary/aromatic N) is 1. The minimum atomic E-state index is -0.424. The Balaban J connectivity index is 3.11. The molecule has 4 nitrogen and oxygen atoms in total. The Morgan fingerprint density at radius 3 is 2.77 bits per heavy atom. The van der Waals surface area contributed by atoms with Crippen LogP contribution in [0.2, 0.25) is 0 Å². The molecule has 70 valence electrons. The number of halogens is 1. The molecule has 0 N–H and O–H groups in total. The Morgan fingerprint density at radius 2 is 2.23 bits per heavy atom. The molecule has 0 aliphatic carbocycles. The number of carbonyl (C=O) groups is 1. The molecule has 0 saturated heterocycles. The van der Waals surface area contributed by atoms with Crippen molar-refractivity contribution in [1.82, 2.24) is 4.98 Å². The van der Waals surface area contributed by atoms with E-state index < -0.39 is 5.97 Å². The van der Waals surface area contributed by atoms with Crippen LogP contribution in [-0.2, 0) is 4.74 Å². The van der Waals surface area contributed by atoms with Crippen molar-refractivity contribution in [2.45, 2.75) is 0 Å². The molecule has 0 fully saturated rings. The monoisotopic (exact) mass is 245 g/mol. The smallest absolute Gasteiger partial charge is 0.339 e. The van der Waals surface area contributed by atoms with Crippen molar-refractivity contribution in [2.75, 3.05) is 14.2 Å². The summed E-state index contributed by atoms with van der Waals surface area (Å²) < 4.78 is 10.0. The Bertz CT molecular complexity index is 327. The largest absolute Gasteiger partial charge is 0.481 e. The van der Waals surface area contributed by atoms with Gasteiger partial charge in [-0.25, -0.2) is 9.78 Å². The lowest BCUT2D eigenvalue weighted by Crippen LogP contribution is -2.03. The highest BCUT2D eigenvalue weighted by molar-refractivity contribution is 9.10. The number of rotatable bonds is 2. The van der Waals surface area contributed by atoms with E-state index in [1.807, 2.05) is 0 Å². The van der Waals surface area contributed by atoms with Crippen LogP contribution in [0.1, 0.15) is 10.4 Å². The number of ether oxygens (including phenoxy) is 2. The van der Waals surface area contributed by atoms with Crippen LogP contribution < -0.4 is 4.74 Å². The van der Waals surface area contributed by atoms with Gasteiger partial charge in [0.25, 0.3) is 0 Å². The summed E-state index contributed by atoms with van der Waals surface area (Å²) >= 11 is 3.18. The zero-order chi connectivity index (χ0) is 9.84.